The summed E-state index contributed by atoms with van der Waals surface area (Å²) in [4.78, 5) is 4.89. The largest absolute Gasteiger partial charge is 0.305 e. The predicted octanol–water partition coefficient (Wildman–Crippen LogP) is 2.43. The fourth-order valence-corrected chi connectivity index (χ4v) is 2.58. The Morgan fingerprint density at radius 2 is 2.00 bits per heavy atom. The van der Waals surface area contributed by atoms with Gasteiger partial charge >= 0.3 is 0 Å². The maximum Gasteiger partial charge on any atom is 0.0234 e. The van der Waals surface area contributed by atoms with Gasteiger partial charge in [-0.15, -0.1) is 0 Å². The number of hydrogen-bond donors (Lipinski definition) is 0. The molecule has 0 bridgehead atoms. The van der Waals surface area contributed by atoms with Crippen LogP contribution in [-0.4, -0.2) is 43.0 Å². The Morgan fingerprint density at radius 1 is 1.31 bits per heavy atom. The first-order valence-electron chi connectivity index (χ1n) is 5.78. The van der Waals surface area contributed by atoms with E-state index in [-0.39, 0.29) is 0 Å². The van der Waals surface area contributed by atoms with Crippen molar-refractivity contribution in [2.45, 2.75) is 19.0 Å². The lowest BCUT2D eigenvalue weighted by atomic mass is 10.2. The van der Waals surface area contributed by atoms with Crippen molar-refractivity contribution in [1.82, 2.24) is 9.80 Å². The summed E-state index contributed by atoms with van der Waals surface area (Å²) in [6.45, 7) is 3.54. The van der Waals surface area contributed by atoms with E-state index in [1.807, 2.05) is 0 Å². The summed E-state index contributed by atoms with van der Waals surface area (Å²) in [6.07, 6.45) is 1.30. The highest BCUT2D eigenvalue weighted by atomic mass is 127. The van der Waals surface area contributed by atoms with Crippen molar-refractivity contribution in [3.05, 3.63) is 33.4 Å². The molecule has 3 heteroatoms. The Kier molecular flexibility index (Phi) is 4.21. The topological polar surface area (TPSA) is 6.48 Å². The van der Waals surface area contributed by atoms with Gasteiger partial charge in [0.2, 0.25) is 0 Å². The zero-order chi connectivity index (χ0) is 11.5. The lowest BCUT2D eigenvalue weighted by molar-refractivity contribution is 0.264. The van der Waals surface area contributed by atoms with Gasteiger partial charge in [-0.3, -0.25) is 4.90 Å². The Hall–Kier alpha value is -0.130. The lowest BCUT2D eigenvalue weighted by Gasteiger charge is -2.20. The van der Waals surface area contributed by atoms with Gasteiger partial charge in [-0.05, 0) is 60.8 Å². The van der Waals surface area contributed by atoms with Gasteiger partial charge in [0.1, 0.15) is 0 Å². The summed E-state index contributed by atoms with van der Waals surface area (Å²) in [7, 11) is 4.36. The first-order valence-corrected chi connectivity index (χ1v) is 6.86. The standard InChI is InChI=1S/C13H19IN2/c1-15(2)13-7-8-16(10-13)9-11-3-5-12(14)6-4-11/h3-6,13H,7-10H2,1-2H3. The molecule has 1 saturated heterocycles. The Balaban J connectivity index is 1.89. The number of likely N-dealkylation sites (N-methyl/N-ethyl adjacent to an activating group) is 1. The van der Waals surface area contributed by atoms with Crippen LogP contribution < -0.4 is 0 Å². The van der Waals surface area contributed by atoms with Crippen molar-refractivity contribution in [2.75, 3.05) is 27.2 Å². The van der Waals surface area contributed by atoms with Gasteiger partial charge in [-0.25, -0.2) is 0 Å². The van der Waals surface area contributed by atoms with Gasteiger partial charge in [0.15, 0.2) is 0 Å². The lowest BCUT2D eigenvalue weighted by Crippen LogP contribution is -2.31. The average molecular weight is 330 g/mol. The molecule has 0 spiro atoms. The maximum absolute atomic E-state index is 2.55. The molecule has 1 aliphatic heterocycles. The van der Waals surface area contributed by atoms with Gasteiger partial charge < -0.3 is 4.90 Å². The Morgan fingerprint density at radius 3 is 2.56 bits per heavy atom. The zero-order valence-corrected chi connectivity index (χ0v) is 12.1. The van der Waals surface area contributed by atoms with Crippen LogP contribution in [0.3, 0.4) is 0 Å². The van der Waals surface area contributed by atoms with E-state index in [0.29, 0.717) is 0 Å². The second kappa shape index (κ2) is 5.47. The van der Waals surface area contributed by atoms with Crippen molar-refractivity contribution in [1.29, 1.82) is 0 Å². The van der Waals surface area contributed by atoms with Gasteiger partial charge in [-0.2, -0.15) is 0 Å². The van der Waals surface area contributed by atoms with E-state index in [1.54, 1.807) is 0 Å². The molecule has 2 rings (SSSR count). The minimum absolute atomic E-state index is 0.740. The summed E-state index contributed by atoms with van der Waals surface area (Å²) >= 11 is 2.35. The molecule has 1 atom stereocenters. The van der Waals surface area contributed by atoms with Crippen molar-refractivity contribution in [3.8, 4) is 0 Å². The van der Waals surface area contributed by atoms with Crippen LogP contribution in [0, 0.1) is 3.57 Å². The average Bonchev–Trinajstić information content (AvgIpc) is 2.70. The fraction of sp³-hybridized carbons (Fsp3) is 0.538. The zero-order valence-electron chi connectivity index (χ0n) is 9.99. The SMILES string of the molecule is CN(C)C1CCN(Cc2ccc(I)cc2)C1. The highest BCUT2D eigenvalue weighted by molar-refractivity contribution is 14.1. The number of hydrogen-bond acceptors (Lipinski definition) is 2. The Labute approximate surface area is 112 Å². The van der Waals surface area contributed by atoms with E-state index < -0.39 is 0 Å². The minimum atomic E-state index is 0.740. The van der Waals surface area contributed by atoms with Gasteiger partial charge in [-0.1, -0.05) is 12.1 Å². The molecule has 16 heavy (non-hydrogen) atoms. The number of likely N-dealkylation sites (tertiary alicyclic amines) is 1. The van der Waals surface area contributed by atoms with Crippen molar-refractivity contribution in [3.63, 3.8) is 0 Å². The van der Waals surface area contributed by atoms with E-state index in [9.17, 15) is 0 Å². The van der Waals surface area contributed by atoms with Crippen LogP contribution >= 0.6 is 22.6 Å². The van der Waals surface area contributed by atoms with Crippen molar-refractivity contribution < 1.29 is 0 Å². The normalized spacial score (nSPS) is 21.9. The van der Waals surface area contributed by atoms with Crippen LogP contribution in [0.5, 0.6) is 0 Å². The summed E-state index contributed by atoms with van der Waals surface area (Å²) in [5.74, 6) is 0. The van der Waals surface area contributed by atoms with E-state index in [0.717, 1.165) is 12.6 Å². The molecular weight excluding hydrogens is 311 g/mol. The third kappa shape index (κ3) is 3.18. The van der Waals surface area contributed by atoms with Crippen LogP contribution in [0.15, 0.2) is 24.3 Å². The second-order valence-corrected chi connectivity index (χ2v) is 6.01. The van der Waals surface area contributed by atoms with E-state index in [1.165, 1.54) is 28.6 Å². The predicted molar refractivity (Wildman–Crippen MR) is 76.5 cm³/mol. The fourth-order valence-electron chi connectivity index (χ4n) is 2.23. The molecule has 0 aliphatic carbocycles. The molecule has 0 aromatic heterocycles. The molecule has 88 valence electrons. The number of nitrogens with zero attached hydrogens (tertiary/aromatic N) is 2. The van der Waals surface area contributed by atoms with Gasteiger partial charge in [0.05, 0.1) is 0 Å². The molecule has 0 radical (unpaired) electrons. The quantitative estimate of drug-likeness (QED) is 0.786. The highest BCUT2D eigenvalue weighted by Crippen LogP contribution is 2.16. The number of halogens is 1. The van der Waals surface area contributed by atoms with Crippen LogP contribution in [-0.2, 0) is 6.54 Å². The number of rotatable bonds is 3. The van der Waals surface area contributed by atoms with E-state index >= 15 is 0 Å². The van der Waals surface area contributed by atoms with E-state index in [2.05, 4.69) is 70.8 Å². The van der Waals surface area contributed by atoms with Gasteiger partial charge in [0.25, 0.3) is 0 Å². The molecule has 0 amide bonds. The summed E-state index contributed by atoms with van der Waals surface area (Å²) in [5, 5.41) is 0. The first-order chi connectivity index (χ1) is 7.65. The molecule has 1 aromatic rings. The molecule has 1 fully saturated rings. The Bertz CT molecular complexity index is 334. The van der Waals surface area contributed by atoms with E-state index in [4.69, 9.17) is 0 Å². The summed E-state index contributed by atoms with van der Waals surface area (Å²) in [5.41, 5.74) is 1.43. The van der Waals surface area contributed by atoms with Crippen LogP contribution in [0.4, 0.5) is 0 Å². The third-order valence-electron chi connectivity index (χ3n) is 3.30. The third-order valence-corrected chi connectivity index (χ3v) is 4.02. The summed E-state index contributed by atoms with van der Waals surface area (Å²) in [6, 6.07) is 9.60. The maximum atomic E-state index is 2.55. The van der Waals surface area contributed by atoms with Crippen LogP contribution in [0.25, 0.3) is 0 Å². The molecule has 2 nitrogen and oxygen atoms in total. The molecule has 1 aliphatic rings. The highest BCUT2D eigenvalue weighted by Gasteiger charge is 2.23. The second-order valence-electron chi connectivity index (χ2n) is 4.77. The first kappa shape index (κ1) is 12.3. The van der Waals surface area contributed by atoms with Gasteiger partial charge in [0, 0.05) is 29.2 Å². The van der Waals surface area contributed by atoms with Crippen LogP contribution in [0.2, 0.25) is 0 Å². The smallest absolute Gasteiger partial charge is 0.0234 e. The van der Waals surface area contributed by atoms with Crippen molar-refractivity contribution >= 4 is 22.6 Å². The molecule has 0 saturated carbocycles. The summed E-state index contributed by atoms with van der Waals surface area (Å²) < 4.78 is 1.31. The van der Waals surface area contributed by atoms with Crippen molar-refractivity contribution in [2.24, 2.45) is 0 Å². The monoisotopic (exact) mass is 330 g/mol. The molecule has 0 N–H and O–H groups in total. The molecular formula is C13H19IN2. The van der Waals surface area contributed by atoms with Crippen LogP contribution in [0.1, 0.15) is 12.0 Å². The number of benzene rings is 1. The molecule has 1 unspecified atom stereocenters. The molecule has 1 aromatic carbocycles. The molecule has 1 heterocycles. The minimum Gasteiger partial charge on any atom is -0.305 e.